The maximum Gasteiger partial charge on any atom is 0.328 e. The van der Waals surface area contributed by atoms with Crippen molar-refractivity contribution in [3.63, 3.8) is 0 Å². The standard InChI is InChI=1S/C18H17FN2O5/c1-26-18(23)16(10-12-4-8-15(9-5-12)21(24)25)20-17(22)11-13-2-6-14(19)7-3-13/h2-9,16H,10-11H2,1H3,(H,20,22)/t16-/m1/s1. The second kappa shape index (κ2) is 8.70. The van der Waals surface area contributed by atoms with Gasteiger partial charge in [0.1, 0.15) is 11.9 Å². The number of hydrogen-bond donors (Lipinski definition) is 1. The first kappa shape index (κ1) is 19.0. The molecule has 8 heteroatoms. The highest BCUT2D eigenvalue weighted by Crippen LogP contribution is 2.14. The molecule has 0 radical (unpaired) electrons. The Kier molecular flexibility index (Phi) is 6.37. The Hall–Kier alpha value is -3.29. The van der Waals surface area contributed by atoms with E-state index in [1.54, 1.807) is 0 Å². The molecule has 0 fully saturated rings. The Morgan fingerprint density at radius 1 is 1.12 bits per heavy atom. The van der Waals surface area contributed by atoms with Gasteiger partial charge in [-0.2, -0.15) is 0 Å². The number of carbonyl (C=O) groups is 2. The van der Waals surface area contributed by atoms with Crippen LogP contribution < -0.4 is 5.32 Å². The van der Waals surface area contributed by atoms with Gasteiger partial charge in [0.2, 0.25) is 5.91 Å². The first-order valence-corrected chi connectivity index (χ1v) is 7.74. The van der Waals surface area contributed by atoms with E-state index in [1.165, 1.54) is 55.6 Å². The fourth-order valence-electron chi connectivity index (χ4n) is 2.36. The number of nitro benzene ring substituents is 1. The molecule has 0 spiro atoms. The van der Waals surface area contributed by atoms with Gasteiger partial charge in [-0.1, -0.05) is 24.3 Å². The molecule has 0 aromatic heterocycles. The molecule has 0 unspecified atom stereocenters. The van der Waals surface area contributed by atoms with Gasteiger partial charge in [0, 0.05) is 18.6 Å². The van der Waals surface area contributed by atoms with Crippen LogP contribution in [0.5, 0.6) is 0 Å². The van der Waals surface area contributed by atoms with E-state index in [9.17, 15) is 24.1 Å². The lowest BCUT2D eigenvalue weighted by Crippen LogP contribution is -2.43. The molecule has 2 aromatic rings. The van der Waals surface area contributed by atoms with Crippen LogP contribution in [0.25, 0.3) is 0 Å². The summed E-state index contributed by atoms with van der Waals surface area (Å²) < 4.78 is 17.6. The molecule has 0 aliphatic heterocycles. The third-order valence-corrected chi connectivity index (χ3v) is 3.69. The maximum absolute atomic E-state index is 12.9. The Morgan fingerprint density at radius 3 is 2.23 bits per heavy atom. The SMILES string of the molecule is COC(=O)[C@@H](Cc1ccc([N+](=O)[O-])cc1)NC(=O)Cc1ccc(F)cc1. The number of carbonyl (C=O) groups excluding carboxylic acids is 2. The number of hydrogen-bond acceptors (Lipinski definition) is 5. The summed E-state index contributed by atoms with van der Waals surface area (Å²) in [5, 5.41) is 13.3. The normalized spacial score (nSPS) is 11.5. The van der Waals surface area contributed by atoms with Crippen molar-refractivity contribution in [2.45, 2.75) is 18.9 Å². The zero-order chi connectivity index (χ0) is 19.1. The molecular weight excluding hydrogens is 343 g/mol. The number of ether oxygens (including phenoxy) is 1. The zero-order valence-corrected chi connectivity index (χ0v) is 14.0. The Balaban J connectivity index is 2.04. The van der Waals surface area contributed by atoms with Crippen LogP contribution >= 0.6 is 0 Å². The first-order valence-electron chi connectivity index (χ1n) is 7.74. The van der Waals surface area contributed by atoms with Crippen LogP contribution in [-0.4, -0.2) is 30.0 Å². The quantitative estimate of drug-likeness (QED) is 0.464. The summed E-state index contributed by atoms with van der Waals surface area (Å²) in [6.07, 6.45) is 0.105. The molecule has 0 aliphatic carbocycles. The Labute approximate surface area is 148 Å². The van der Waals surface area contributed by atoms with Crippen molar-refractivity contribution in [1.29, 1.82) is 0 Å². The van der Waals surface area contributed by atoms with Crippen LogP contribution in [-0.2, 0) is 27.2 Å². The first-order chi connectivity index (χ1) is 12.4. The number of rotatable bonds is 7. The number of amides is 1. The summed E-state index contributed by atoms with van der Waals surface area (Å²) in [5.41, 5.74) is 1.17. The molecule has 0 aliphatic rings. The van der Waals surface area contributed by atoms with Crippen LogP contribution in [0.15, 0.2) is 48.5 Å². The molecule has 2 aromatic carbocycles. The van der Waals surface area contributed by atoms with E-state index in [-0.39, 0.29) is 18.5 Å². The lowest BCUT2D eigenvalue weighted by molar-refractivity contribution is -0.384. The topological polar surface area (TPSA) is 98.5 Å². The largest absolute Gasteiger partial charge is 0.467 e. The van der Waals surface area contributed by atoms with E-state index in [4.69, 9.17) is 4.74 Å². The summed E-state index contributed by atoms with van der Waals surface area (Å²) in [6, 6.07) is 10.2. The van der Waals surface area contributed by atoms with E-state index in [0.29, 0.717) is 11.1 Å². The molecule has 0 saturated carbocycles. The van der Waals surface area contributed by atoms with E-state index < -0.39 is 28.7 Å². The second-order valence-corrected chi connectivity index (χ2v) is 5.57. The van der Waals surface area contributed by atoms with Gasteiger partial charge in [-0.15, -0.1) is 0 Å². The summed E-state index contributed by atoms with van der Waals surface area (Å²) in [7, 11) is 1.21. The van der Waals surface area contributed by atoms with Gasteiger partial charge >= 0.3 is 5.97 Å². The summed E-state index contributed by atoms with van der Waals surface area (Å²) in [5.74, 6) is -1.45. The molecule has 7 nitrogen and oxygen atoms in total. The van der Waals surface area contributed by atoms with Gasteiger partial charge < -0.3 is 10.1 Å². The molecule has 0 saturated heterocycles. The van der Waals surface area contributed by atoms with Crippen LogP contribution in [0.4, 0.5) is 10.1 Å². The maximum atomic E-state index is 12.9. The molecule has 1 amide bonds. The number of methoxy groups -OCH3 is 1. The van der Waals surface area contributed by atoms with Crippen molar-refractivity contribution < 1.29 is 23.6 Å². The minimum atomic E-state index is -0.936. The number of nitrogens with one attached hydrogen (secondary N) is 1. The minimum absolute atomic E-state index is 0.0198. The number of nitro groups is 1. The molecule has 0 heterocycles. The van der Waals surface area contributed by atoms with Crippen molar-refractivity contribution in [3.05, 3.63) is 75.6 Å². The fourth-order valence-corrected chi connectivity index (χ4v) is 2.36. The van der Waals surface area contributed by atoms with E-state index in [0.717, 1.165) is 0 Å². The van der Waals surface area contributed by atoms with Gasteiger partial charge in [-0.3, -0.25) is 14.9 Å². The van der Waals surface area contributed by atoms with Crippen LogP contribution in [0, 0.1) is 15.9 Å². The van der Waals surface area contributed by atoms with Gasteiger partial charge in [-0.25, -0.2) is 9.18 Å². The van der Waals surface area contributed by atoms with Crippen molar-refractivity contribution in [2.75, 3.05) is 7.11 Å². The molecule has 1 N–H and O–H groups in total. The summed E-state index contributed by atoms with van der Waals surface area (Å²) in [6.45, 7) is 0. The van der Waals surface area contributed by atoms with Crippen LogP contribution in [0.1, 0.15) is 11.1 Å². The number of benzene rings is 2. The highest BCUT2D eigenvalue weighted by atomic mass is 19.1. The molecule has 136 valence electrons. The number of nitrogens with zero attached hydrogens (tertiary/aromatic N) is 1. The van der Waals surface area contributed by atoms with Gasteiger partial charge in [0.05, 0.1) is 18.5 Å². The molecule has 2 rings (SSSR count). The smallest absolute Gasteiger partial charge is 0.328 e. The highest BCUT2D eigenvalue weighted by molar-refractivity contribution is 5.85. The van der Waals surface area contributed by atoms with Gasteiger partial charge in [-0.05, 0) is 23.3 Å². The summed E-state index contributed by atoms with van der Waals surface area (Å²) >= 11 is 0. The van der Waals surface area contributed by atoms with Crippen LogP contribution in [0.2, 0.25) is 0 Å². The average molecular weight is 360 g/mol. The Morgan fingerprint density at radius 2 is 1.69 bits per heavy atom. The van der Waals surface area contributed by atoms with Crippen molar-refractivity contribution >= 4 is 17.6 Å². The molecular formula is C18H17FN2O5. The number of halogens is 1. The third-order valence-electron chi connectivity index (χ3n) is 3.69. The number of non-ortho nitro benzene ring substituents is 1. The van der Waals surface area contributed by atoms with Crippen molar-refractivity contribution in [2.24, 2.45) is 0 Å². The highest BCUT2D eigenvalue weighted by Gasteiger charge is 2.22. The lowest BCUT2D eigenvalue weighted by atomic mass is 10.0. The fraction of sp³-hybridized carbons (Fsp3) is 0.222. The number of esters is 1. The van der Waals surface area contributed by atoms with Crippen molar-refractivity contribution in [3.8, 4) is 0 Å². The molecule has 1 atom stereocenters. The van der Waals surface area contributed by atoms with Crippen LogP contribution in [0.3, 0.4) is 0 Å². The van der Waals surface area contributed by atoms with Gasteiger partial charge in [0.15, 0.2) is 0 Å². The zero-order valence-electron chi connectivity index (χ0n) is 14.0. The minimum Gasteiger partial charge on any atom is -0.467 e. The van der Waals surface area contributed by atoms with E-state index in [2.05, 4.69) is 5.32 Å². The Bertz CT molecular complexity index is 790. The molecule has 0 bridgehead atoms. The van der Waals surface area contributed by atoms with E-state index in [1.807, 2.05) is 0 Å². The van der Waals surface area contributed by atoms with Gasteiger partial charge in [0.25, 0.3) is 5.69 Å². The van der Waals surface area contributed by atoms with Crippen molar-refractivity contribution in [1.82, 2.24) is 5.32 Å². The lowest BCUT2D eigenvalue weighted by Gasteiger charge is -2.16. The monoisotopic (exact) mass is 360 g/mol. The molecule has 26 heavy (non-hydrogen) atoms. The van der Waals surface area contributed by atoms with E-state index >= 15 is 0 Å². The third kappa shape index (κ3) is 5.37. The average Bonchev–Trinajstić information content (AvgIpc) is 2.62. The predicted molar refractivity (Wildman–Crippen MR) is 90.9 cm³/mol. The predicted octanol–water partition coefficient (Wildman–Crippen LogP) is 2.18. The second-order valence-electron chi connectivity index (χ2n) is 5.57. The summed E-state index contributed by atoms with van der Waals surface area (Å²) in [4.78, 5) is 34.2.